The third-order valence-electron chi connectivity index (χ3n) is 3.37. The number of nitrogens with one attached hydrogen (secondary N) is 2. The number of nitrogens with zero attached hydrogens (tertiary/aromatic N) is 1. The SMILES string of the molecule is CN(C)c1ccc(Br)cc1NC(=O)[C@@H]1CCCNC1. The average molecular weight is 326 g/mol. The van der Waals surface area contributed by atoms with Crippen LogP contribution in [0.4, 0.5) is 11.4 Å². The van der Waals surface area contributed by atoms with Gasteiger partial charge in [-0.2, -0.15) is 0 Å². The highest BCUT2D eigenvalue weighted by Gasteiger charge is 2.21. The maximum atomic E-state index is 12.3. The van der Waals surface area contributed by atoms with E-state index in [2.05, 4.69) is 26.6 Å². The lowest BCUT2D eigenvalue weighted by atomic mass is 9.98. The van der Waals surface area contributed by atoms with Crippen molar-refractivity contribution in [3.8, 4) is 0 Å². The molecule has 1 saturated heterocycles. The molecule has 104 valence electrons. The fourth-order valence-electron chi connectivity index (χ4n) is 2.31. The summed E-state index contributed by atoms with van der Waals surface area (Å²) >= 11 is 3.45. The van der Waals surface area contributed by atoms with E-state index < -0.39 is 0 Å². The van der Waals surface area contributed by atoms with E-state index in [1.807, 2.05) is 37.2 Å². The molecule has 0 aromatic heterocycles. The summed E-state index contributed by atoms with van der Waals surface area (Å²) in [7, 11) is 3.95. The highest BCUT2D eigenvalue weighted by molar-refractivity contribution is 9.10. The lowest BCUT2D eigenvalue weighted by Crippen LogP contribution is -2.37. The van der Waals surface area contributed by atoms with Crippen LogP contribution in [0.15, 0.2) is 22.7 Å². The molecule has 1 fully saturated rings. The largest absolute Gasteiger partial charge is 0.376 e. The quantitative estimate of drug-likeness (QED) is 0.897. The molecule has 4 nitrogen and oxygen atoms in total. The molecule has 5 heteroatoms. The molecule has 1 atom stereocenters. The molecule has 0 radical (unpaired) electrons. The number of benzene rings is 1. The molecule has 1 aliphatic heterocycles. The summed E-state index contributed by atoms with van der Waals surface area (Å²) in [5.41, 5.74) is 1.87. The van der Waals surface area contributed by atoms with E-state index in [-0.39, 0.29) is 11.8 Å². The van der Waals surface area contributed by atoms with E-state index in [1.54, 1.807) is 0 Å². The summed E-state index contributed by atoms with van der Waals surface area (Å²) in [4.78, 5) is 14.3. The average Bonchev–Trinajstić information content (AvgIpc) is 2.39. The topological polar surface area (TPSA) is 44.4 Å². The number of carbonyl (C=O) groups excluding carboxylic acids is 1. The van der Waals surface area contributed by atoms with Gasteiger partial charge < -0.3 is 15.5 Å². The van der Waals surface area contributed by atoms with Crippen molar-refractivity contribution >= 4 is 33.2 Å². The van der Waals surface area contributed by atoms with Gasteiger partial charge in [0, 0.05) is 25.1 Å². The van der Waals surface area contributed by atoms with E-state index in [9.17, 15) is 4.79 Å². The number of carbonyl (C=O) groups is 1. The van der Waals surface area contributed by atoms with Crippen molar-refractivity contribution in [1.82, 2.24) is 5.32 Å². The first-order chi connectivity index (χ1) is 9.08. The fraction of sp³-hybridized carbons (Fsp3) is 0.500. The highest BCUT2D eigenvalue weighted by atomic mass is 79.9. The Morgan fingerprint density at radius 3 is 2.89 bits per heavy atom. The Hall–Kier alpha value is -1.07. The Morgan fingerprint density at radius 1 is 1.47 bits per heavy atom. The number of hydrogen-bond donors (Lipinski definition) is 2. The van der Waals surface area contributed by atoms with E-state index in [0.717, 1.165) is 41.8 Å². The smallest absolute Gasteiger partial charge is 0.228 e. The first-order valence-corrected chi connectivity index (χ1v) is 7.35. The second-order valence-corrected chi connectivity index (χ2v) is 6.00. The van der Waals surface area contributed by atoms with Gasteiger partial charge in [-0.05, 0) is 37.6 Å². The predicted octanol–water partition coefficient (Wildman–Crippen LogP) is 2.45. The molecular formula is C14H20BrN3O. The van der Waals surface area contributed by atoms with E-state index >= 15 is 0 Å². The summed E-state index contributed by atoms with van der Waals surface area (Å²) in [6.07, 6.45) is 2.03. The Labute approximate surface area is 122 Å². The number of piperidine rings is 1. The van der Waals surface area contributed by atoms with Crippen LogP contribution < -0.4 is 15.5 Å². The molecule has 0 aliphatic carbocycles. The zero-order chi connectivity index (χ0) is 13.8. The van der Waals surface area contributed by atoms with Gasteiger partial charge >= 0.3 is 0 Å². The van der Waals surface area contributed by atoms with Crippen LogP contribution in [0.5, 0.6) is 0 Å². The minimum absolute atomic E-state index is 0.0720. The van der Waals surface area contributed by atoms with Gasteiger partial charge in [0.1, 0.15) is 0 Å². The summed E-state index contributed by atoms with van der Waals surface area (Å²) in [6.45, 7) is 1.79. The predicted molar refractivity (Wildman–Crippen MR) is 82.7 cm³/mol. The van der Waals surface area contributed by atoms with Gasteiger partial charge in [0.15, 0.2) is 0 Å². The molecule has 1 aromatic rings. The molecule has 0 saturated carbocycles. The molecule has 0 bridgehead atoms. The van der Waals surface area contributed by atoms with Crippen LogP contribution in [0.1, 0.15) is 12.8 Å². The molecule has 1 heterocycles. The van der Waals surface area contributed by atoms with Gasteiger partial charge in [-0.1, -0.05) is 15.9 Å². The van der Waals surface area contributed by atoms with Crippen LogP contribution in [0.2, 0.25) is 0 Å². The standard InChI is InChI=1S/C14H20BrN3O/c1-18(2)13-6-5-11(15)8-12(13)17-14(19)10-4-3-7-16-9-10/h5-6,8,10,16H,3-4,7,9H2,1-2H3,(H,17,19)/t10-/m1/s1. The summed E-state index contributed by atoms with van der Waals surface area (Å²) in [5, 5.41) is 6.32. The van der Waals surface area contributed by atoms with Gasteiger partial charge in [0.25, 0.3) is 0 Å². The van der Waals surface area contributed by atoms with Crippen molar-refractivity contribution in [1.29, 1.82) is 0 Å². The van der Waals surface area contributed by atoms with Gasteiger partial charge in [-0.3, -0.25) is 4.79 Å². The Balaban J connectivity index is 2.13. The normalized spacial score (nSPS) is 19.0. The van der Waals surface area contributed by atoms with E-state index in [0.29, 0.717) is 0 Å². The third-order valence-corrected chi connectivity index (χ3v) is 3.86. The number of halogens is 1. The lowest BCUT2D eigenvalue weighted by Gasteiger charge is -2.24. The van der Waals surface area contributed by atoms with Gasteiger partial charge in [-0.15, -0.1) is 0 Å². The van der Waals surface area contributed by atoms with Crippen LogP contribution in [-0.4, -0.2) is 33.1 Å². The van der Waals surface area contributed by atoms with Gasteiger partial charge in [0.05, 0.1) is 17.3 Å². The summed E-state index contributed by atoms with van der Waals surface area (Å²) in [6, 6.07) is 5.93. The minimum Gasteiger partial charge on any atom is -0.376 e. The summed E-state index contributed by atoms with van der Waals surface area (Å²) < 4.78 is 0.968. The van der Waals surface area contributed by atoms with Crippen molar-refractivity contribution in [3.63, 3.8) is 0 Å². The highest BCUT2D eigenvalue weighted by Crippen LogP contribution is 2.28. The molecule has 1 amide bonds. The lowest BCUT2D eigenvalue weighted by molar-refractivity contribution is -0.120. The van der Waals surface area contributed by atoms with E-state index in [1.165, 1.54) is 0 Å². The van der Waals surface area contributed by atoms with Crippen molar-refractivity contribution in [2.75, 3.05) is 37.4 Å². The monoisotopic (exact) mass is 325 g/mol. The molecular weight excluding hydrogens is 306 g/mol. The Morgan fingerprint density at radius 2 is 2.26 bits per heavy atom. The Kier molecular flexibility index (Phi) is 4.82. The van der Waals surface area contributed by atoms with Crippen molar-refractivity contribution in [2.45, 2.75) is 12.8 Å². The first-order valence-electron chi connectivity index (χ1n) is 6.56. The molecule has 2 N–H and O–H groups in total. The number of amides is 1. The molecule has 1 aliphatic rings. The maximum Gasteiger partial charge on any atom is 0.228 e. The minimum atomic E-state index is 0.0720. The zero-order valence-electron chi connectivity index (χ0n) is 11.4. The van der Waals surface area contributed by atoms with Crippen LogP contribution in [-0.2, 0) is 4.79 Å². The zero-order valence-corrected chi connectivity index (χ0v) is 13.0. The van der Waals surface area contributed by atoms with E-state index in [4.69, 9.17) is 0 Å². The van der Waals surface area contributed by atoms with Crippen LogP contribution in [0.25, 0.3) is 0 Å². The second kappa shape index (κ2) is 6.39. The molecule has 0 unspecified atom stereocenters. The van der Waals surface area contributed by atoms with Crippen LogP contribution in [0.3, 0.4) is 0 Å². The third kappa shape index (κ3) is 3.70. The van der Waals surface area contributed by atoms with Gasteiger partial charge in [-0.25, -0.2) is 0 Å². The number of anilines is 2. The molecule has 0 spiro atoms. The maximum absolute atomic E-state index is 12.3. The fourth-order valence-corrected chi connectivity index (χ4v) is 2.67. The number of hydrogen-bond acceptors (Lipinski definition) is 3. The van der Waals surface area contributed by atoms with Crippen molar-refractivity contribution in [2.24, 2.45) is 5.92 Å². The summed E-state index contributed by atoms with van der Waals surface area (Å²) in [5.74, 6) is 0.177. The molecule has 1 aromatic carbocycles. The first kappa shape index (κ1) is 14.3. The Bertz CT molecular complexity index is 456. The molecule has 2 rings (SSSR count). The van der Waals surface area contributed by atoms with Crippen LogP contribution >= 0.6 is 15.9 Å². The number of rotatable bonds is 3. The van der Waals surface area contributed by atoms with Crippen molar-refractivity contribution < 1.29 is 4.79 Å². The van der Waals surface area contributed by atoms with Crippen LogP contribution in [0, 0.1) is 5.92 Å². The molecule has 19 heavy (non-hydrogen) atoms. The van der Waals surface area contributed by atoms with Gasteiger partial charge in [0.2, 0.25) is 5.91 Å². The second-order valence-electron chi connectivity index (χ2n) is 5.09. The van der Waals surface area contributed by atoms with Crippen molar-refractivity contribution in [3.05, 3.63) is 22.7 Å².